The average Bonchev–Trinajstić information content (AvgIpc) is 3.01. The quantitative estimate of drug-likeness (QED) is 0.0528. The fraction of sp³-hybridized carbons (Fsp3) is 1.00. The standard InChI is InChI=1S/C40H74O11S2/c1-5-7-9-11-13-15-17-19-21-23-25-35(3,52(41,42)43)37(27-31-47-37)39(29-33-49-39)51-40(30-34-50-40)38(28-32-48-38)36(4,53(44,45)46)26-24-22-20-18-16-14-12-10-8-6-2/h5-34H2,1-4H3,(H,41,42,43)(H,44,45,46). The summed E-state index contributed by atoms with van der Waals surface area (Å²) in [6.45, 7) is 8.53. The Morgan fingerprint density at radius 2 is 0.717 bits per heavy atom. The van der Waals surface area contributed by atoms with Crippen molar-refractivity contribution in [1.29, 1.82) is 0 Å². The molecule has 4 aliphatic heterocycles. The largest absolute Gasteiger partial charge is 0.367 e. The molecule has 6 unspecified atom stereocenters. The maximum atomic E-state index is 13.4. The molecule has 0 aromatic carbocycles. The summed E-state index contributed by atoms with van der Waals surface area (Å²) < 4.78 is 104. The van der Waals surface area contributed by atoms with Crippen LogP contribution in [0.25, 0.3) is 0 Å². The Morgan fingerprint density at radius 3 is 0.906 bits per heavy atom. The van der Waals surface area contributed by atoms with Crippen LogP contribution in [0.4, 0.5) is 0 Å². The fourth-order valence-electron chi connectivity index (χ4n) is 9.64. The van der Waals surface area contributed by atoms with E-state index in [9.17, 15) is 25.9 Å². The van der Waals surface area contributed by atoms with Gasteiger partial charge < -0.3 is 23.7 Å². The highest BCUT2D eigenvalue weighted by atomic mass is 32.2. The Balaban J connectivity index is 1.49. The summed E-state index contributed by atoms with van der Waals surface area (Å²) in [5.74, 6) is -3.28. The van der Waals surface area contributed by atoms with Crippen molar-refractivity contribution < 1.29 is 49.6 Å². The van der Waals surface area contributed by atoms with Crippen LogP contribution in [0.3, 0.4) is 0 Å². The van der Waals surface area contributed by atoms with Gasteiger partial charge in [0.15, 0.2) is 0 Å². The van der Waals surface area contributed by atoms with Crippen molar-refractivity contribution in [3.8, 4) is 0 Å². The van der Waals surface area contributed by atoms with Crippen LogP contribution >= 0.6 is 0 Å². The maximum absolute atomic E-state index is 13.4. The molecule has 2 N–H and O–H groups in total. The van der Waals surface area contributed by atoms with E-state index in [0.29, 0.717) is 12.8 Å². The lowest BCUT2D eigenvalue weighted by molar-refractivity contribution is -0.522. The van der Waals surface area contributed by atoms with E-state index in [4.69, 9.17) is 23.7 Å². The minimum atomic E-state index is -4.70. The third-order valence-corrected chi connectivity index (χ3v) is 16.9. The lowest BCUT2D eigenvalue weighted by Crippen LogP contribution is -2.85. The first-order valence-electron chi connectivity index (χ1n) is 21.4. The molecule has 0 spiro atoms. The van der Waals surface area contributed by atoms with Crippen LogP contribution < -0.4 is 0 Å². The molecule has 0 bridgehead atoms. The van der Waals surface area contributed by atoms with E-state index in [2.05, 4.69) is 13.8 Å². The number of hydrogen-bond donors (Lipinski definition) is 2. The molecule has 0 aromatic rings. The SMILES string of the molecule is CCCCCCCCCCCCC(C)(C1(C2(OC3(C4(C(C)(CCCCCCCCCCCC)S(=O)(=O)O)CCO4)CCO3)CCO2)CCO1)S(=O)(=O)O. The zero-order valence-corrected chi connectivity index (χ0v) is 35.2. The van der Waals surface area contributed by atoms with Crippen molar-refractivity contribution >= 4 is 20.2 Å². The number of rotatable bonds is 30. The minimum Gasteiger partial charge on any atom is -0.367 e. The first-order chi connectivity index (χ1) is 25.2. The minimum absolute atomic E-state index is 0.147. The van der Waals surface area contributed by atoms with Gasteiger partial charge in [0.25, 0.3) is 20.2 Å². The second-order valence-corrected chi connectivity index (χ2v) is 20.6. The lowest BCUT2D eigenvalue weighted by atomic mass is 9.67. The average molecular weight is 795 g/mol. The second-order valence-electron chi connectivity index (χ2n) is 16.9. The number of hydrogen-bond acceptors (Lipinski definition) is 9. The van der Waals surface area contributed by atoms with Gasteiger partial charge in [0.1, 0.15) is 20.7 Å². The van der Waals surface area contributed by atoms with Crippen LogP contribution in [-0.2, 0) is 43.9 Å². The van der Waals surface area contributed by atoms with Crippen LogP contribution in [0, 0.1) is 0 Å². The summed E-state index contributed by atoms with van der Waals surface area (Å²) >= 11 is 0. The summed E-state index contributed by atoms with van der Waals surface area (Å²) in [5.41, 5.74) is -3.12. The second kappa shape index (κ2) is 19.4. The Bertz CT molecular complexity index is 1220. The van der Waals surface area contributed by atoms with Crippen LogP contribution in [0.5, 0.6) is 0 Å². The summed E-state index contributed by atoms with van der Waals surface area (Å²) in [5, 5.41) is 0. The van der Waals surface area contributed by atoms with Gasteiger partial charge in [-0.2, -0.15) is 16.8 Å². The van der Waals surface area contributed by atoms with Gasteiger partial charge in [-0.3, -0.25) is 9.11 Å². The van der Waals surface area contributed by atoms with Crippen molar-refractivity contribution in [2.24, 2.45) is 0 Å². The highest BCUT2D eigenvalue weighted by Crippen LogP contribution is 2.63. The molecule has 0 aliphatic carbocycles. The van der Waals surface area contributed by atoms with Crippen LogP contribution in [-0.4, -0.2) is 84.6 Å². The van der Waals surface area contributed by atoms with Crippen LogP contribution in [0.2, 0.25) is 0 Å². The molecule has 0 amide bonds. The number of ether oxygens (including phenoxy) is 5. The Labute approximate surface area is 322 Å². The van der Waals surface area contributed by atoms with Crippen molar-refractivity contribution in [3.63, 3.8) is 0 Å². The van der Waals surface area contributed by atoms with Crippen molar-refractivity contribution in [1.82, 2.24) is 0 Å². The van der Waals surface area contributed by atoms with Gasteiger partial charge in [0.05, 0.1) is 26.4 Å². The summed E-state index contributed by atoms with van der Waals surface area (Å²) in [4.78, 5) is 0. The molecule has 13 heteroatoms. The third-order valence-electron chi connectivity index (χ3n) is 13.6. The Morgan fingerprint density at radius 1 is 0.472 bits per heavy atom. The van der Waals surface area contributed by atoms with E-state index in [1.165, 1.54) is 78.1 Å². The molecule has 4 saturated heterocycles. The van der Waals surface area contributed by atoms with Crippen molar-refractivity contribution in [2.75, 3.05) is 26.4 Å². The monoisotopic (exact) mass is 794 g/mol. The van der Waals surface area contributed by atoms with E-state index < -0.39 is 52.5 Å². The van der Waals surface area contributed by atoms with Crippen molar-refractivity contribution in [3.05, 3.63) is 0 Å². The first-order valence-corrected chi connectivity index (χ1v) is 24.2. The predicted octanol–water partition coefficient (Wildman–Crippen LogP) is 9.47. The molecule has 4 aliphatic rings. The highest BCUT2D eigenvalue weighted by molar-refractivity contribution is 7.87. The van der Waals surface area contributed by atoms with Gasteiger partial charge >= 0.3 is 0 Å². The van der Waals surface area contributed by atoms with E-state index in [1.54, 1.807) is 0 Å². The molecule has 0 radical (unpaired) electrons. The fourth-order valence-corrected chi connectivity index (χ4v) is 11.9. The van der Waals surface area contributed by atoms with Gasteiger partial charge in [-0.05, 0) is 26.7 Å². The van der Waals surface area contributed by atoms with E-state index >= 15 is 0 Å². The number of unbranched alkanes of at least 4 members (excludes halogenated alkanes) is 18. The topological polar surface area (TPSA) is 155 Å². The zero-order chi connectivity index (χ0) is 38.7. The van der Waals surface area contributed by atoms with Crippen LogP contribution in [0.1, 0.15) is 195 Å². The molecule has 4 heterocycles. The van der Waals surface area contributed by atoms with Gasteiger partial charge in [0, 0.05) is 25.7 Å². The molecule has 6 atom stereocenters. The van der Waals surface area contributed by atoms with Gasteiger partial charge in [-0.1, -0.05) is 142 Å². The molecular weight excluding hydrogens is 721 g/mol. The first kappa shape index (κ1) is 45.3. The smallest absolute Gasteiger partial charge is 0.273 e. The molecule has 4 fully saturated rings. The molecule has 11 nitrogen and oxygen atoms in total. The van der Waals surface area contributed by atoms with E-state index in [0.717, 1.165) is 51.4 Å². The van der Waals surface area contributed by atoms with Crippen LogP contribution in [0.15, 0.2) is 0 Å². The molecule has 312 valence electrons. The maximum Gasteiger partial charge on any atom is 0.273 e. The van der Waals surface area contributed by atoms with Gasteiger partial charge in [-0.15, -0.1) is 0 Å². The highest BCUT2D eigenvalue weighted by Gasteiger charge is 2.80. The summed E-state index contributed by atoms with van der Waals surface area (Å²) in [6, 6.07) is 0. The lowest BCUT2D eigenvalue weighted by Gasteiger charge is -2.69. The molecule has 0 saturated carbocycles. The molecule has 0 aromatic heterocycles. The Hall–Kier alpha value is -0.380. The molecule has 4 rings (SSSR count). The van der Waals surface area contributed by atoms with Crippen molar-refractivity contribution in [2.45, 2.75) is 227 Å². The summed E-state index contributed by atoms with van der Waals surface area (Å²) in [6.07, 6.45) is 23.0. The van der Waals surface area contributed by atoms with E-state index in [1.807, 2.05) is 0 Å². The normalized spacial score (nSPS) is 31.1. The van der Waals surface area contributed by atoms with Gasteiger partial charge in [0.2, 0.25) is 11.6 Å². The molecule has 53 heavy (non-hydrogen) atoms. The summed E-state index contributed by atoms with van der Waals surface area (Å²) in [7, 11) is -9.39. The van der Waals surface area contributed by atoms with E-state index in [-0.39, 0.29) is 65.0 Å². The third kappa shape index (κ3) is 9.19. The molecular formula is C40H74O11S2. The van der Waals surface area contributed by atoms with Gasteiger partial charge in [-0.25, -0.2) is 0 Å². The zero-order valence-electron chi connectivity index (χ0n) is 33.6. The Kier molecular flexibility index (Phi) is 16.6. The predicted molar refractivity (Wildman–Crippen MR) is 207 cm³/mol.